The SMILES string of the molecule is [Nb].[O]=[Ti].[W]. The third-order valence-corrected chi connectivity index (χ3v) is 0. The molecule has 4 heteroatoms. The summed E-state index contributed by atoms with van der Waals surface area (Å²) in [4.78, 5) is 0. The monoisotopic (exact) mass is 341 g/mol. The molecule has 0 bridgehead atoms. The smallest absolute Gasteiger partial charge is 0 e. The van der Waals surface area contributed by atoms with Gasteiger partial charge in [0.05, 0.1) is 0 Å². The van der Waals surface area contributed by atoms with Gasteiger partial charge in [0, 0.05) is 43.4 Å². The van der Waals surface area contributed by atoms with Crippen LogP contribution in [0.25, 0.3) is 0 Å². The van der Waals surface area contributed by atoms with Gasteiger partial charge in [-0.25, -0.2) is 0 Å². The predicted octanol–water partition coefficient (Wildman–Crippen LogP) is -0.126. The molecular weight excluding hydrogens is 341 g/mol. The summed E-state index contributed by atoms with van der Waals surface area (Å²) in [5, 5.41) is 0. The fourth-order valence-corrected chi connectivity index (χ4v) is 0. The molecule has 0 aliphatic carbocycles. The Balaban J connectivity index is -0.00000000500. The molecule has 0 unspecified atom stereocenters. The number of hydrogen-bond donors (Lipinski definition) is 0. The maximum absolute atomic E-state index is 8.25. The molecule has 0 fully saturated rings. The van der Waals surface area contributed by atoms with Gasteiger partial charge >= 0.3 is 23.7 Å². The van der Waals surface area contributed by atoms with Crippen molar-refractivity contribution in [3.8, 4) is 0 Å². The van der Waals surface area contributed by atoms with Gasteiger partial charge in [-0.05, 0) is 0 Å². The first-order valence-electron chi connectivity index (χ1n) is 0.204. The molecule has 0 amide bonds. The molecule has 0 aromatic heterocycles. The molecule has 0 saturated carbocycles. The van der Waals surface area contributed by atoms with Gasteiger partial charge in [-0.15, -0.1) is 0 Å². The molecule has 0 atom stereocenters. The van der Waals surface area contributed by atoms with Crippen molar-refractivity contribution in [2.24, 2.45) is 0 Å². The van der Waals surface area contributed by atoms with Crippen molar-refractivity contribution >= 4 is 0 Å². The molecule has 1 nitrogen and oxygen atoms in total. The standard InChI is InChI=1S/Nb.O.Ti.W. The van der Waals surface area contributed by atoms with E-state index in [0.29, 0.717) is 0 Å². The average molecular weight is 341 g/mol. The van der Waals surface area contributed by atoms with Crippen LogP contribution in [0.4, 0.5) is 0 Å². The molecule has 0 spiro atoms. The van der Waals surface area contributed by atoms with Gasteiger partial charge in [-0.2, -0.15) is 0 Å². The van der Waals surface area contributed by atoms with Crippen LogP contribution in [0.15, 0.2) is 0 Å². The van der Waals surface area contributed by atoms with Crippen LogP contribution in [0.5, 0.6) is 0 Å². The van der Waals surface area contributed by atoms with E-state index < -0.39 is 0 Å². The Morgan fingerprint density at radius 2 is 1.25 bits per heavy atom. The Morgan fingerprint density at radius 1 is 1.25 bits per heavy atom. The summed E-state index contributed by atoms with van der Waals surface area (Å²) in [5.74, 6) is 0. The molecule has 0 aromatic carbocycles. The van der Waals surface area contributed by atoms with Crippen LogP contribution in [0.3, 0.4) is 0 Å². The van der Waals surface area contributed by atoms with E-state index in [0.717, 1.165) is 20.4 Å². The summed E-state index contributed by atoms with van der Waals surface area (Å²) < 4.78 is 8.25. The van der Waals surface area contributed by atoms with Crippen molar-refractivity contribution in [1.82, 2.24) is 0 Å². The quantitative estimate of drug-likeness (QED) is 0.562. The van der Waals surface area contributed by atoms with Crippen molar-refractivity contribution < 1.29 is 67.2 Å². The summed E-state index contributed by atoms with van der Waals surface area (Å²) in [6.45, 7) is 0. The van der Waals surface area contributed by atoms with E-state index in [1.54, 1.807) is 0 Å². The van der Waals surface area contributed by atoms with Crippen LogP contribution < -0.4 is 0 Å². The normalized spacial score (nSPS) is 0.750. The topological polar surface area (TPSA) is 17.1 Å². The zero-order valence-electron chi connectivity index (χ0n) is 1.76. The van der Waals surface area contributed by atoms with Crippen molar-refractivity contribution in [1.29, 1.82) is 0 Å². The molecule has 1 radical (unpaired) electrons. The van der Waals surface area contributed by atoms with Crippen LogP contribution in [0.2, 0.25) is 0 Å². The Labute approximate surface area is 66.4 Å². The average Bonchev–Trinajstić information content (AvgIpc) is 1.00. The van der Waals surface area contributed by atoms with E-state index in [2.05, 4.69) is 0 Å². The van der Waals surface area contributed by atoms with Crippen LogP contribution >= 0.6 is 0 Å². The molecule has 0 saturated heterocycles. The summed E-state index contributed by atoms with van der Waals surface area (Å²) in [6.07, 6.45) is 0. The van der Waals surface area contributed by atoms with E-state index in [-0.39, 0.29) is 43.4 Å². The van der Waals surface area contributed by atoms with Gasteiger partial charge in [0.2, 0.25) is 0 Å². The fourth-order valence-electron chi connectivity index (χ4n) is 0. The molecule has 0 aliphatic rings. The van der Waals surface area contributed by atoms with E-state index in [1.807, 2.05) is 0 Å². The van der Waals surface area contributed by atoms with Crippen molar-refractivity contribution in [3.63, 3.8) is 0 Å². The van der Waals surface area contributed by atoms with E-state index in [4.69, 9.17) is 3.32 Å². The second kappa shape index (κ2) is 20.4. The van der Waals surface area contributed by atoms with Crippen LogP contribution in [0.1, 0.15) is 0 Å². The summed E-state index contributed by atoms with van der Waals surface area (Å²) in [7, 11) is 0. The van der Waals surface area contributed by atoms with Crippen molar-refractivity contribution in [3.05, 3.63) is 0 Å². The fraction of sp³-hybridized carbons (Fsp3) is 0. The zero-order chi connectivity index (χ0) is 2.00. The van der Waals surface area contributed by atoms with Gasteiger partial charge in [-0.3, -0.25) is 0 Å². The van der Waals surface area contributed by atoms with Gasteiger partial charge in [0.25, 0.3) is 0 Å². The Bertz CT molecular complexity index is 8.00. The van der Waals surface area contributed by atoms with Crippen LogP contribution in [0, 0.1) is 0 Å². The molecule has 21 valence electrons. The van der Waals surface area contributed by atoms with Crippen LogP contribution in [-0.2, 0) is 67.2 Å². The first-order valence-corrected chi connectivity index (χ1v) is 0.842. The van der Waals surface area contributed by atoms with E-state index in [9.17, 15) is 0 Å². The summed E-state index contributed by atoms with van der Waals surface area (Å²) in [5.41, 5.74) is 0. The minimum atomic E-state index is 0. The molecular formula is NbOTiW. The predicted molar refractivity (Wildman–Crippen MR) is 0.686 cm³/mol. The molecule has 0 rings (SSSR count). The first-order chi connectivity index (χ1) is 1.00. The minimum absolute atomic E-state index is 0. The summed E-state index contributed by atoms with van der Waals surface area (Å²) >= 11 is 0.750. The van der Waals surface area contributed by atoms with E-state index >= 15 is 0 Å². The molecule has 4 heavy (non-hydrogen) atoms. The maximum Gasteiger partial charge on any atom is 0 e. The van der Waals surface area contributed by atoms with Crippen LogP contribution in [-0.4, -0.2) is 0 Å². The van der Waals surface area contributed by atoms with Gasteiger partial charge in [0.15, 0.2) is 0 Å². The van der Waals surface area contributed by atoms with Gasteiger partial charge in [0.1, 0.15) is 0 Å². The molecule has 0 N–H and O–H groups in total. The maximum atomic E-state index is 8.25. The zero-order valence-corrected chi connectivity index (χ0v) is 8.46. The van der Waals surface area contributed by atoms with Crippen molar-refractivity contribution in [2.75, 3.05) is 0 Å². The molecule has 0 aliphatic heterocycles. The summed E-state index contributed by atoms with van der Waals surface area (Å²) in [6, 6.07) is 0. The molecule has 0 heterocycles. The second-order valence-corrected chi connectivity index (χ2v) is 0. The Hall–Kier alpha value is 1.94. The second-order valence-electron chi connectivity index (χ2n) is 0. The Kier molecular flexibility index (Phi) is 85.3. The third-order valence-electron chi connectivity index (χ3n) is 0. The number of rotatable bonds is 0. The minimum Gasteiger partial charge on any atom is 0 e. The molecule has 0 aromatic rings. The third kappa shape index (κ3) is 9.05. The number of hydrogen-bond acceptors (Lipinski definition) is 1. The largest absolute Gasteiger partial charge is 0 e. The van der Waals surface area contributed by atoms with Gasteiger partial charge in [-0.1, -0.05) is 0 Å². The van der Waals surface area contributed by atoms with Crippen molar-refractivity contribution in [2.45, 2.75) is 0 Å². The Morgan fingerprint density at radius 3 is 1.25 bits per heavy atom. The first kappa shape index (κ1) is 16.8. The van der Waals surface area contributed by atoms with E-state index in [1.165, 1.54) is 0 Å². The van der Waals surface area contributed by atoms with Gasteiger partial charge < -0.3 is 0 Å².